The van der Waals surface area contributed by atoms with Gasteiger partial charge in [0, 0.05) is 18.8 Å². The van der Waals surface area contributed by atoms with Gasteiger partial charge in [0.2, 0.25) is 0 Å². The Bertz CT molecular complexity index is 199. The SMILES string of the molecule is CCS(=O)(=O)CCNC[C@H](C)O. The summed E-state index contributed by atoms with van der Waals surface area (Å²) in [5.74, 6) is 0.333. The van der Waals surface area contributed by atoms with Gasteiger partial charge in [-0.15, -0.1) is 0 Å². The molecule has 0 bridgehead atoms. The van der Waals surface area contributed by atoms with Crippen LogP contribution in [0.4, 0.5) is 0 Å². The number of sulfone groups is 1. The summed E-state index contributed by atoms with van der Waals surface area (Å²) >= 11 is 0. The lowest BCUT2D eigenvalue weighted by Crippen LogP contribution is -2.29. The minimum Gasteiger partial charge on any atom is -0.392 e. The molecular weight excluding hydrogens is 178 g/mol. The van der Waals surface area contributed by atoms with Gasteiger partial charge in [0.15, 0.2) is 9.84 Å². The molecule has 0 aromatic rings. The van der Waals surface area contributed by atoms with Crippen LogP contribution in [0.15, 0.2) is 0 Å². The third-order valence-electron chi connectivity index (χ3n) is 1.47. The van der Waals surface area contributed by atoms with Crippen molar-refractivity contribution in [1.82, 2.24) is 5.32 Å². The van der Waals surface area contributed by atoms with Crippen molar-refractivity contribution in [3.05, 3.63) is 0 Å². The smallest absolute Gasteiger partial charge is 0.151 e. The fourth-order valence-corrected chi connectivity index (χ4v) is 1.43. The minimum atomic E-state index is -2.86. The van der Waals surface area contributed by atoms with Crippen molar-refractivity contribution in [1.29, 1.82) is 0 Å². The second-order valence-corrected chi connectivity index (χ2v) is 5.26. The molecule has 1 atom stereocenters. The summed E-state index contributed by atoms with van der Waals surface area (Å²) in [5, 5.41) is 11.7. The number of hydrogen-bond donors (Lipinski definition) is 2. The maximum absolute atomic E-state index is 10.9. The molecule has 0 aromatic carbocycles. The molecule has 0 saturated heterocycles. The van der Waals surface area contributed by atoms with E-state index >= 15 is 0 Å². The lowest BCUT2D eigenvalue weighted by molar-refractivity contribution is 0.192. The Morgan fingerprint density at radius 1 is 1.50 bits per heavy atom. The predicted octanol–water partition coefficient (Wildman–Crippen LogP) is -0.608. The first-order chi connectivity index (χ1) is 5.48. The molecule has 2 N–H and O–H groups in total. The maximum atomic E-state index is 10.9. The Kier molecular flexibility index (Phi) is 5.44. The number of hydrogen-bond acceptors (Lipinski definition) is 4. The Balaban J connectivity index is 3.45. The van der Waals surface area contributed by atoms with E-state index in [2.05, 4.69) is 5.32 Å². The van der Waals surface area contributed by atoms with Gasteiger partial charge in [0.05, 0.1) is 11.9 Å². The molecule has 0 radical (unpaired) electrons. The van der Waals surface area contributed by atoms with Crippen LogP contribution < -0.4 is 5.32 Å². The van der Waals surface area contributed by atoms with E-state index < -0.39 is 15.9 Å². The molecule has 0 saturated carbocycles. The van der Waals surface area contributed by atoms with Crippen LogP contribution in [0.1, 0.15) is 13.8 Å². The molecule has 0 aromatic heterocycles. The second kappa shape index (κ2) is 5.50. The Morgan fingerprint density at radius 3 is 2.50 bits per heavy atom. The Labute approximate surface area is 73.9 Å². The van der Waals surface area contributed by atoms with Gasteiger partial charge in [-0.05, 0) is 6.92 Å². The van der Waals surface area contributed by atoms with Crippen LogP contribution in [0.5, 0.6) is 0 Å². The van der Waals surface area contributed by atoms with Crippen molar-refractivity contribution in [2.75, 3.05) is 24.6 Å². The standard InChI is InChI=1S/C7H17NO3S/c1-3-12(10,11)5-4-8-6-7(2)9/h7-9H,3-6H2,1-2H3/t7-/m0/s1. The van der Waals surface area contributed by atoms with Crippen LogP contribution in [0.3, 0.4) is 0 Å². The maximum Gasteiger partial charge on any atom is 0.151 e. The van der Waals surface area contributed by atoms with E-state index in [4.69, 9.17) is 5.11 Å². The van der Waals surface area contributed by atoms with Gasteiger partial charge in [-0.1, -0.05) is 6.92 Å². The number of aliphatic hydroxyl groups is 1. The van der Waals surface area contributed by atoms with Crippen molar-refractivity contribution < 1.29 is 13.5 Å². The first-order valence-electron chi connectivity index (χ1n) is 4.07. The number of aliphatic hydroxyl groups excluding tert-OH is 1. The number of nitrogens with one attached hydrogen (secondary N) is 1. The molecule has 0 amide bonds. The highest BCUT2D eigenvalue weighted by molar-refractivity contribution is 7.91. The topological polar surface area (TPSA) is 66.4 Å². The van der Waals surface area contributed by atoms with Gasteiger partial charge in [0.1, 0.15) is 0 Å². The molecule has 4 nitrogen and oxygen atoms in total. The van der Waals surface area contributed by atoms with Crippen LogP contribution in [-0.2, 0) is 9.84 Å². The van der Waals surface area contributed by atoms with E-state index in [1.807, 2.05) is 0 Å². The molecule has 0 rings (SSSR count). The summed E-state index contributed by atoms with van der Waals surface area (Å²) < 4.78 is 21.9. The highest BCUT2D eigenvalue weighted by atomic mass is 32.2. The summed E-state index contributed by atoms with van der Waals surface area (Å²) in [7, 11) is -2.86. The highest BCUT2D eigenvalue weighted by Gasteiger charge is 2.05. The minimum absolute atomic E-state index is 0.149. The zero-order chi connectivity index (χ0) is 9.61. The molecule has 12 heavy (non-hydrogen) atoms. The monoisotopic (exact) mass is 195 g/mol. The lowest BCUT2D eigenvalue weighted by atomic mass is 10.4. The van der Waals surface area contributed by atoms with E-state index in [1.165, 1.54) is 0 Å². The van der Waals surface area contributed by atoms with Gasteiger partial charge < -0.3 is 10.4 Å². The normalized spacial score (nSPS) is 14.6. The highest BCUT2D eigenvalue weighted by Crippen LogP contribution is 1.86. The lowest BCUT2D eigenvalue weighted by Gasteiger charge is -2.06. The third-order valence-corrected chi connectivity index (χ3v) is 3.18. The molecule has 0 spiro atoms. The molecule has 74 valence electrons. The fourth-order valence-electron chi connectivity index (χ4n) is 0.683. The van der Waals surface area contributed by atoms with Crippen LogP contribution in [0, 0.1) is 0 Å². The first-order valence-corrected chi connectivity index (χ1v) is 5.89. The second-order valence-electron chi connectivity index (χ2n) is 2.79. The number of rotatable bonds is 6. The van der Waals surface area contributed by atoms with Gasteiger partial charge in [-0.25, -0.2) is 8.42 Å². The molecule has 0 aliphatic rings. The summed E-state index contributed by atoms with van der Waals surface area (Å²) in [4.78, 5) is 0. The van der Waals surface area contributed by atoms with Gasteiger partial charge in [-0.3, -0.25) is 0 Å². The molecule has 0 aliphatic carbocycles. The average molecular weight is 195 g/mol. The third kappa shape index (κ3) is 6.57. The van der Waals surface area contributed by atoms with Crippen molar-refractivity contribution >= 4 is 9.84 Å². The molecule has 0 fully saturated rings. The van der Waals surface area contributed by atoms with Crippen molar-refractivity contribution in [3.8, 4) is 0 Å². The van der Waals surface area contributed by atoms with E-state index in [0.29, 0.717) is 13.1 Å². The molecule has 0 aliphatic heterocycles. The Hall–Kier alpha value is -0.130. The van der Waals surface area contributed by atoms with E-state index in [0.717, 1.165) is 0 Å². The van der Waals surface area contributed by atoms with Crippen molar-refractivity contribution in [2.45, 2.75) is 20.0 Å². The van der Waals surface area contributed by atoms with Gasteiger partial charge in [-0.2, -0.15) is 0 Å². The van der Waals surface area contributed by atoms with Crippen LogP contribution in [-0.4, -0.2) is 44.2 Å². The van der Waals surface area contributed by atoms with Gasteiger partial charge >= 0.3 is 0 Å². The van der Waals surface area contributed by atoms with Gasteiger partial charge in [0.25, 0.3) is 0 Å². The zero-order valence-corrected chi connectivity index (χ0v) is 8.39. The summed E-state index contributed by atoms with van der Waals surface area (Å²) in [6, 6.07) is 0. The zero-order valence-electron chi connectivity index (χ0n) is 7.58. The first kappa shape index (κ1) is 11.9. The predicted molar refractivity (Wildman–Crippen MR) is 48.9 cm³/mol. The van der Waals surface area contributed by atoms with Crippen molar-refractivity contribution in [3.63, 3.8) is 0 Å². The quantitative estimate of drug-likeness (QED) is 0.555. The van der Waals surface area contributed by atoms with Crippen LogP contribution >= 0.6 is 0 Å². The largest absolute Gasteiger partial charge is 0.392 e. The van der Waals surface area contributed by atoms with Crippen LogP contribution in [0.2, 0.25) is 0 Å². The fraction of sp³-hybridized carbons (Fsp3) is 1.00. The van der Waals surface area contributed by atoms with E-state index in [1.54, 1.807) is 13.8 Å². The van der Waals surface area contributed by atoms with Crippen LogP contribution in [0.25, 0.3) is 0 Å². The molecular formula is C7H17NO3S. The Morgan fingerprint density at radius 2 is 2.08 bits per heavy atom. The summed E-state index contributed by atoms with van der Waals surface area (Å²) in [6.07, 6.45) is -0.422. The summed E-state index contributed by atoms with van der Waals surface area (Å²) in [6.45, 7) is 4.14. The van der Waals surface area contributed by atoms with Crippen molar-refractivity contribution in [2.24, 2.45) is 0 Å². The molecule has 0 unspecified atom stereocenters. The molecule has 5 heteroatoms. The average Bonchev–Trinajstić information content (AvgIpc) is 1.98. The molecule has 0 heterocycles. The summed E-state index contributed by atoms with van der Waals surface area (Å²) in [5.41, 5.74) is 0. The van der Waals surface area contributed by atoms with E-state index in [9.17, 15) is 8.42 Å². The van der Waals surface area contributed by atoms with E-state index in [-0.39, 0.29) is 11.5 Å².